The van der Waals surface area contributed by atoms with Crippen molar-refractivity contribution in [2.45, 2.75) is 26.4 Å². The second kappa shape index (κ2) is 6.26. The maximum absolute atomic E-state index is 12.0. The standard InChI is InChI=1S/C12H20O6/c1-8(2)5-18-11(16)12(3-9(14)4-13)7-17-6-10(12)15/h8-9,13-14H,3-7H2,1-2H3. The van der Waals surface area contributed by atoms with Crippen LogP contribution in [-0.2, 0) is 19.1 Å². The number of carbonyl (C=O) groups excluding carboxylic acids is 2. The summed E-state index contributed by atoms with van der Waals surface area (Å²) in [5.74, 6) is -0.916. The number of rotatable bonds is 6. The first kappa shape index (κ1) is 15.1. The van der Waals surface area contributed by atoms with Crippen molar-refractivity contribution in [1.29, 1.82) is 0 Å². The van der Waals surface area contributed by atoms with Gasteiger partial charge in [0.25, 0.3) is 0 Å². The molecule has 1 fully saturated rings. The van der Waals surface area contributed by atoms with Crippen LogP contribution in [0.1, 0.15) is 20.3 Å². The predicted octanol–water partition coefficient (Wildman–Crippen LogP) is -0.485. The maximum Gasteiger partial charge on any atom is 0.322 e. The van der Waals surface area contributed by atoms with Crippen LogP contribution in [0.2, 0.25) is 0 Å². The van der Waals surface area contributed by atoms with Crippen molar-refractivity contribution in [2.75, 3.05) is 26.4 Å². The van der Waals surface area contributed by atoms with Crippen LogP contribution in [-0.4, -0.2) is 54.5 Å². The Morgan fingerprint density at radius 1 is 1.56 bits per heavy atom. The Morgan fingerprint density at radius 2 is 2.22 bits per heavy atom. The third-order valence-electron chi connectivity index (χ3n) is 2.85. The number of esters is 1. The van der Waals surface area contributed by atoms with Crippen LogP contribution in [0.3, 0.4) is 0 Å². The van der Waals surface area contributed by atoms with E-state index >= 15 is 0 Å². The van der Waals surface area contributed by atoms with Gasteiger partial charge in [-0.15, -0.1) is 0 Å². The van der Waals surface area contributed by atoms with Crippen LogP contribution < -0.4 is 0 Å². The molecule has 1 aliphatic heterocycles. The number of hydrogen-bond acceptors (Lipinski definition) is 6. The normalized spacial score (nSPS) is 25.5. The van der Waals surface area contributed by atoms with E-state index in [9.17, 15) is 14.7 Å². The highest BCUT2D eigenvalue weighted by Gasteiger charge is 2.52. The highest BCUT2D eigenvalue weighted by Crippen LogP contribution is 2.32. The van der Waals surface area contributed by atoms with Gasteiger partial charge in [-0.3, -0.25) is 9.59 Å². The first-order chi connectivity index (χ1) is 8.42. The Morgan fingerprint density at radius 3 is 2.67 bits per heavy atom. The molecule has 104 valence electrons. The topological polar surface area (TPSA) is 93.1 Å². The molecule has 0 aliphatic carbocycles. The van der Waals surface area contributed by atoms with E-state index in [-0.39, 0.29) is 32.2 Å². The van der Waals surface area contributed by atoms with Crippen LogP contribution >= 0.6 is 0 Å². The second-order valence-electron chi connectivity index (χ2n) is 5.03. The molecule has 6 heteroatoms. The van der Waals surface area contributed by atoms with E-state index in [1.807, 2.05) is 13.8 Å². The molecule has 2 atom stereocenters. The molecule has 2 N–H and O–H groups in total. The van der Waals surface area contributed by atoms with Gasteiger partial charge in [-0.25, -0.2) is 0 Å². The molecule has 0 spiro atoms. The number of aliphatic hydroxyl groups excluding tert-OH is 2. The lowest BCUT2D eigenvalue weighted by Gasteiger charge is -2.25. The van der Waals surface area contributed by atoms with Crippen molar-refractivity contribution >= 4 is 11.8 Å². The Bertz CT molecular complexity index is 314. The van der Waals surface area contributed by atoms with Crippen LogP contribution in [0.25, 0.3) is 0 Å². The maximum atomic E-state index is 12.0. The Balaban J connectivity index is 2.77. The van der Waals surface area contributed by atoms with Crippen LogP contribution in [0.4, 0.5) is 0 Å². The zero-order valence-corrected chi connectivity index (χ0v) is 10.7. The molecule has 1 rings (SSSR count). The van der Waals surface area contributed by atoms with Crippen molar-refractivity contribution in [3.05, 3.63) is 0 Å². The van der Waals surface area contributed by atoms with E-state index in [1.54, 1.807) is 0 Å². The zero-order valence-electron chi connectivity index (χ0n) is 10.7. The summed E-state index contributed by atoms with van der Waals surface area (Å²) >= 11 is 0. The van der Waals surface area contributed by atoms with Gasteiger partial charge in [0.2, 0.25) is 0 Å². The van der Waals surface area contributed by atoms with E-state index in [0.29, 0.717) is 0 Å². The third-order valence-corrected chi connectivity index (χ3v) is 2.85. The van der Waals surface area contributed by atoms with E-state index in [0.717, 1.165) is 0 Å². The van der Waals surface area contributed by atoms with Crippen molar-refractivity contribution < 1.29 is 29.3 Å². The van der Waals surface area contributed by atoms with Crippen molar-refractivity contribution in [3.8, 4) is 0 Å². The lowest BCUT2D eigenvalue weighted by molar-refractivity contribution is -0.162. The van der Waals surface area contributed by atoms with Crippen LogP contribution in [0, 0.1) is 11.3 Å². The zero-order chi connectivity index (χ0) is 13.8. The SMILES string of the molecule is CC(C)COC(=O)C1(CC(O)CO)COCC1=O. The molecule has 0 bridgehead atoms. The Hall–Kier alpha value is -0.980. The minimum absolute atomic E-state index is 0.0974. The predicted molar refractivity (Wildman–Crippen MR) is 61.8 cm³/mol. The van der Waals surface area contributed by atoms with Gasteiger partial charge in [-0.05, 0) is 5.92 Å². The smallest absolute Gasteiger partial charge is 0.322 e. The van der Waals surface area contributed by atoms with Crippen LogP contribution in [0.5, 0.6) is 0 Å². The minimum atomic E-state index is -1.46. The molecule has 0 radical (unpaired) electrons. The summed E-state index contributed by atoms with van der Waals surface area (Å²) in [6.45, 7) is 3.22. The summed E-state index contributed by atoms with van der Waals surface area (Å²) < 4.78 is 10.1. The summed E-state index contributed by atoms with van der Waals surface area (Å²) in [6.07, 6.45) is -1.30. The van der Waals surface area contributed by atoms with E-state index < -0.39 is 29.9 Å². The molecule has 0 aromatic heterocycles. The van der Waals surface area contributed by atoms with Gasteiger partial charge >= 0.3 is 5.97 Å². The average Bonchev–Trinajstić information content (AvgIpc) is 2.68. The molecule has 1 aliphatic rings. The lowest BCUT2D eigenvalue weighted by atomic mass is 9.80. The van der Waals surface area contributed by atoms with Gasteiger partial charge in [0.05, 0.1) is 25.9 Å². The average molecular weight is 260 g/mol. The fraction of sp³-hybridized carbons (Fsp3) is 0.833. The molecule has 6 nitrogen and oxygen atoms in total. The minimum Gasteiger partial charge on any atom is -0.465 e. The Kier molecular flexibility index (Phi) is 5.25. The van der Waals surface area contributed by atoms with E-state index in [1.165, 1.54) is 0 Å². The monoisotopic (exact) mass is 260 g/mol. The second-order valence-corrected chi connectivity index (χ2v) is 5.03. The molecule has 0 aromatic rings. The van der Waals surface area contributed by atoms with Crippen molar-refractivity contribution in [3.63, 3.8) is 0 Å². The van der Waals surface area contributed by atoms with Gasteiger partial charge in [-0.1, -0.05) is 13.8 Å². The number of hydrogen-bond donors (Lipinski definition) is 2. The summed E-state index contributed by atoms with van der Waals surface area (Å²) in [4.78, 5) is 23.8. The van der Waals surface area contributed by atoms with Crippen molar-refractivity contribution in [1.82, 2.24) is 0 Å². The van der Waals surface area contributed by atoms with Crippen LogP contribution in [0.15, 0.2) is 0 Å². The molecule has 1 saturated heterocycles. The number of ketones is 1. The van der Waals surface area contributed by atoms with E-state index in [4.69, 9.17) is 14.6 Å². The number of carbonyl (C=O) groups is 2. The fourth-order valence-corrected chi connectivity index (χ4v) is 1.81. The van der Waals surface area contributed by atoms with Gasteiger partial charge in [-0.2, -0.15) is 0 Å². The fourth-order valence-electron chi connectivity index (χ4n) is 1.81. The van der Waals surface area contributed by atoms with Gasteiger partial charge < -0.3 is 19.7 Å². The molecular formula is C12H20O6. The quantitative estimate of drug-likeness (QED) is 0.494. The Labute approximate surface area is 106 Å². The summed E-state index contributed by atoms with van der Waals surface area (Å²) in [6, 6.07) is 0. The molecule has 2 unspecified atom stereocenters. The molecule has 0 aromatic carbocycles. The van der Waals surface area contributed by atoms with E-state index in [2.05, 4.69) is 0 Å². The summed E-state index contributed by atoms with van der Waals surface area (Å²) in [5, 5.41) is 18.3. The molecule has 18 heavy (non-hydrogen) atoms. The largest absolute Gasteiger partial charge is 0.465 e. The van der Waals surface area contributed by atoms with Gasteiger partial charge in [0, 0.05) is 6.42 Å². The molecule has 0 saturated carbocycles. The molecular weight excluding hydrogens is 240 g/mol. The molecule has 1 heterocycles. The lowest BCUT2D eigenvalue weighted by Crippen LogP contribution is -2.44. The first-order valence-corrected chi connectivity index (χ1v) is 5.99. The highest BCUT2D eigenvalue weighted by molar-refractivity contribution is 6.05. The molecule has 0 amide bonds. The van der Waals surface area contributed by atoms with Gasteiger partial charge in [0.15, 0.2) is 11.2 Å². The summed E-state index contributed by atoms with van der Waals surface area (Å²) in [5.41, 5.74) is -1.46. The van der Waals surface area contributed by atoms with Gasteiger partial charge in [0.1, 0.15) is 6.61 Å². The number of aliphatic hydroxyl groups is 2. The summed E-state index contributed by atoms with van der Waals surface area (Å²) in [7, 11) is 0. The van der Waals surface area contributed by atoms with Crippen molar-refractivity contribution in [2.24, 2.45) is 11.3 Å². The highest BCUT2D eigenvalue weighted by atomic mass is 16.5. The first-order valence-electron chi connectivity index (χ1n) is 5.99. The number of Topliss-reactive ketones (excluding diaryl/α,β-unsaturated/α-hetero) is 1. The number of ether oxygens (including phenoxy) is 2. The third kappa shape index (κ3) is 3.28.